The van der Waals surface area contributed by atoms with Gasteiger partial charge < -0.3 is 0 Å². The van der Waals surface area contributed by atoms with Crippen molar-refractivity contribution in [3.8, 4) is 0 Å². The van der Waals surface area contributed by atoms with Crippen molar-refractivity contribution in [2.24, 2.45) is 0 Å². The smallest absolute Gasteiger partial charge is 0 e. The van der Waals surface area contributed by atoms with Crippen molar-refractivity contribution < 1.29 is 32.7 Å². The van der Waals surface area contributed by atoms with E-state index in [9.17, 15) is 0 Å². The Morgan fingerprint density at radius 3 is 0.455 bits per heavy atom. The van der Waals surface area contributed by atoms with Crippen LogP contribution < -0.4 is 0 Å². The summed E-state index contributed by atoms with van der Waals surface area (Å²) >= 11 is 0. The molecule has 0 aromatic carbocycles. The van der Waals surface area contributed by atoms with Gasteiger partial charge in [0.15, 0.2) is 0 Å². The van der Waals surface area contributed by atoms with Gasteiger partial charge in [0, 0.05) is 41.1 Å². The SMILES string of the molecule is C.C.C.CC.CC.CC.[B].[Y]. The van der Waals surface area contributed by atoms with Gasteiger partial charge in [-0.1, -0.05) is 63.8 Å². The molecule has 0 atom stereocenters. The first kappa shape index (κ1) is 87.3. The van der Waals surface area contributed by atoms with Crippen LogP contribution in [0, 0.1) is 0 Å². The fourth-order valence-corrected chi connectivity index (χ4v) is 0. The number of rotatable bonds is 0. The van der Waals surface area contributed by atoms with E-state index in [2.05, 4.69) is 0 Å². The molecule has 0 saturated carbocycles. The predicted octanol–water partition coefficient (Wildman–Crippen LogP) is 4.60. The van der Waals surface area contributed by atoms with E-state index in [-0.39, 0.29) is 63.4 Å². The van der Waals surface area contributed by atoms with E-state index in [1.807, 2.05) is 41.5 Å². The molecular formula is C9H30BY. The standard InChI is InChI=1S/3C2H6.3CH4.B.Y/c3*1-2;;;;;/h3*1-2H3;3*1H4;;. The van der Waals surface area contributed by atoms with Gasteiger partial charge in [0.1, 0.15) is 0 Å². The fourth-order valence-electron chi connectivity index (χ4n) is 0. The molecule has 0 aromatic heterocycles. The topological polar surface area (TPSA) is 0 Å². The van der Waals surface area contributed by atoms with Crippen LogP contribution in [-0.4, -0.2) is 8.41 Å². The van der Waals surface area contributed by atoms with Gasteiger partial charge in [0.25, 0.3) is 0 Å². The molecule has 0 fully saturated rings. The van der Waals surface area contributed by atoms with Gasteiger partial charge in [-0.15, -0.1) is 0 Å². The zero-order chi connectivity index (χ0) is 6.00. The van der Waals surface area contributed by atoms with Gasteiger partial charge >= 0.3 is 0 Å². The molecule has 0 unspecified atom stereocenters. The molecule has 0 amide bonds. The minimum absolute atomic E-state index is 0. The minimum Gasteiger partial charge on any atom is -0.0776 e. The van der Waals surface area contributed by atoms with Gasteiger partial charge in [-0.05, 0) is 0 Å². The Hall–Kier alpha value is 1.17. The van der Waals surface area contributed by atoms with Crippen LogP contribution in [0.4, 0.5) is 0 Å². The van der Waals surface area contributed by atoms with Crippen LogP contribution in [0.15, 0.2) is 0 Å². The summed E-state index contributed by atoms with van der Waals surface area (Å²) in [6.45, 7) is 12.0. The Labute approximate surface area is 104 Å². The molecule has 0 aliphatic rings. The first-order valence-corrected chi connectivity index (χ1v) is 3.00. The normalized spacial score (nSPS) is 1.64. The zero-order valence-corrected chi connectivity index (χ0v) is 9.99. The van der Waals surface area contributed by atoms with Crippen LogP contribution >= 0.6 is 0 Å². The predicted molar refractivity (Wildman–Crippen MR) is 60.0 cm³/mol. The minimum atomic E-state index is 0. The van der Waals surface area contributed by atoms with E-state index < -0.39 is 0 Å². The van der Waals surface area contributed by atoms with Crippen LogP contribution in [0.5, 0.6) is 0 Å². The summed E-state index contributed by atoms with van der Waals surface area (Å²) in [4.78, 5) is 0. The Kier molecular flexibility index (Phi) is 6710. The maximum absolute atomic E-state index is 2.00. The van der Waals surface area contributed by atoms with E-state index in [1.165, 1.54) is 0 Å². The average molecular weight is 238 g/mol. The molecule has 2 heteroatoms. The maximum Gasteiger partial charge on any atom is 0 e. The molecule has 0 aliphatic carbocycles. The molecule has 72 valence electrons. The van der Waals surface area contributed by atoms with Crippen molar-refractivity contribution in [3.63, 3.8) is 0 Å². The Bertz CT molecular complexity index is 9.52. The molecule has 0 rings (SSSR count). The molecular weight excluding hydrogens is 208 g/mol. The third-order valence-electron chi connectivity index (χ3n) is 0. The van der Waals surface area contributed by atoms with Crippen LogP contribution in [0.1, 0.15) is 63.8 Å². The van der Waals surface area contributed by atoms with Crippen molar-refractivity contribution in [2.75, 3.05) is 0 Å². The van der Waals surface area contributed by atoms with Gasteiger partial charge in [-0.25, -0.2) is 0 Å². The molecule has 0 bridgehead atoms. The third-order valence-corrected chi connectivity index (χ3v) is 0. The first-order valence-electron chi connectivity index (χ1n) is 3.00. The largest absolute Gasteiger partial charge is 0.0776 e. The van der Waals surface area contributed by atoms with E-state index >= 15 is 0 Å². The van der Waals surface area contributed by atoms with Crippen molar-refractivity contribution in [1.82, 2.24) is 0 Å². The monoisotopic (exact) mass is 238 g/mol. The summed E-state index contributed by atoms with van der Waals surface area (Å²) < 4.78 is 0. The number of hydrogen-bond donors (Lipinski definition) is 0. The van der Waals surface area contributed by atoms with Crippen LogP contribution in [0.2, 0.25) is 0 Å². The van der Waals surface area contributed by atoms with Crippen LogP contribution in [-0.2, 0) is 32.7 Å². The molecule has 0 spiro atoms. The van der Waals surface area contributed by atoms with Crippen LogP contribution in [0.25, 0.3) is 0 Å². The zero-order valence-electron chi connectivity index (χ0n) is 7.15. The van der Waals surface area contributed by atoms with Gasteiger partial charge in [-0.3, -0.25) is 0 Å². The Morgan fingerprint density at radius 2 is 0.455 bits per heavy atom. The van der Waals surface area contributed by atoms with Crippen molar-refractivity contribution in [3.05, 3.63) is 0 Å². The first-order chi connectivity index (χ1) is 3.00. The Balaban J connectivity index is -0.00000000167. The average Bonchev–Trinajstić information content (AvgIpc) is 1.81. The van der Waals surface area contributed by atoms with Gasteiger partial charge in [-0.2, -0.15) is 0 Å². The molecule has 0 heterocycles. The molecule has 0 aromatic rings. The summed E-state index contributed by atoms with van der Waals surface area (Å²) in [5.41, 5.74) is 0. The van der Waals surface area contributed by atoms with E-state index in [0.29, 0.717) is 0 Å². The molecule has 0 aliphatic heterocycles. The summed E-state index contributed by atoms with van der Waals surface area (Å²) in [7, 11) is 0. The summed E-state index contributed by atoms with van der Waals surface area (Å²) in [6.07, 6.45) is 0. The van der Waals surface area contributed by atoms with Crippen LogP contribution in [0.3, 0.4) is 0 Å². The summed E-state index contributed by atoms with van der Waals surface area (Å²) in [5.74, 6) is 0. The third kappa shape index (κ3) is 687. The Morgan fingerprint density at radius 1 is 0.455 bits per heavy atom. The molecule has 11 heavy (non-hydrogen) atoms. The quantitative estimate of drug-likeness (QED) is 0.541. The second-order valence-electron chi connectivity index (χ2n) is 0. The van der Waals surface area contributed by atoms with E-state index in [0.717, 1.165) is 0 Å². The van der Waals surface area contributed by atoms with Crippen molar-refractivity contribution in [1.29, 1.82) is 0 Å². The van der Waals surface area contributed by atoms with E-state index in [4.69, 9.17) is 0 Å². The maximum atomic E-state index is 2.00. The van der Waals surface area contributed by atoms with Gasteiger partial charge in [0.2, 0.25) is 0 Å². The van der Waals surface area contributed by atoms with Crippen molar-refractivity contribution >= 4 is 8.41 Å². The molecule has 0 N–H and O–H groups in total. The molecule has 4 radical (unpaired) electrons. The second kappa shape index (κ2) is 845. The molecule has 0 nitrogen and oxygen atoms in total. The van der Waals surface area contributed by atoms with E-state index in [1.54, 1.807) is 0 Å². The second-order valence-corrected chi connectivity index (χ2v) is 0. The van der Waals surface area contributed by atoms with Crippen molar-refractivity contribution in [2.45, 2.75) is 63.8 Å². The van der Waals surface area contributed by atoms with Gasteiger partial charge in [0.05, 0.1) is 0 Å². The fraction of sp³-hybridized carbons (Fsp3) is 1.00. The number of hydrogen-bond acceptors (Lipinski definition) is 0. The summed E-state index contributed by atoms with van der Waals surface area (Å²) in [6, 6.07) is 0. The summed E-state index contributed by atoms with van der Waals surface area (Å²) in [5, 5.41) is 0. The molecule has 0 saturated heterocycles.